The summed E-state index contributed by atoms with van der Waals surface area (Å²) in [6, 6.07) is 13.4. The lowest BCUT2D eigenvalue weighted by molar-refractivity contribution is 0.262. The Kier molecular flexibility index (Phi) is 4.23. The normalized spacial score (nSPS) is 9.60. The largest absolute Gasteiger partial charge is 0.398 e. The van der Waals surface area contributed by atoms with Gasteiger partial charge in [0, 0.05) is 21.5 Å². The summed E-state index contributed by atoms with van der Waals surface area (Å²) < 4.78 is 0.710. The highest BCUT2D eigenvalue weighted by Gasteiger charge is 2.04. The highest BCUT2D eigenvalue weighted by Crippen LogP contribution is 2.23. The van der Waals surface area contributed by atoms with Crippen LogP contribution in [0, 0.1) is 11.3 Å². The Hall–Kier alpha value is -2.52. The van der Waals surface area contributed by atoms with E-state index in [9.17, 15) is 4.79 Å². The minimum Gasteiger partial charge on any atom is -0.398 e. The molecule has 0 aliphatic heterocycles. The van der Waals surface area contributed by atoms with Crippen LogP contribution >= 0.6 is 15.9 Å². The summed E-state index contributed by atoms with van der Waals surface area (Å²) >= 11 is 3.29. The number of urea groups is 1. The third-order valence-electron chi connectivity index (χ3n) is 2.51. The molecular formula is C14H11BrN4O. The predicted molar refractivity (Wildman–Crippen MR) is 82.4 cm³/mol. The maximum Gasteiger partial charge on any atom is 0.323 e. The van der Waals surface area contributed by atoms with Crippen LogP contribution in [0.1, 0.15) is 5.56 Å². The zero-order valence-electron chi connectivity index (χ0n) is 10.4. The summed E-state index contributed by atoms with van der Waals surface area (Å²) in [5.41, 5.74) is 7.91. The maximum atomic E-state index is 11.8. The Bertz CT molecular complexity index is 694. The number of halogens is 1. The highest BCUT2D eigenvalue weighted by molar-refractivity contribution is 9.10. The van der Waals surface area contributed by atoms with Crippen molar-refractivity contribution in [1.29, 1.82) is 5.26 Å². The summed E-state index contributed by atoms with van der Waals surface area (Å²) in [4.78, 5) is 11.8. The molecule has 0 aliphatic carbocycles. The number of rotatable bonds is 2. The van der Waals surface area contributed by atoms with Crippen molar-refractivity contribution in [2.45, 2.75) is 0 Å². The first kappa shape index (κ1) is 13.9. The van der Waals surface area contributed by atoms with E-state index in [4.69, 9.17) is 11.0 Å². The van der Waals surface area contributed by atoms with Crippen molar-refractivity contribution in [3.05, 3.63) is 52.5 Å². The fourth-order valence-corrected chi connectivity index (χ4v) is 1.94. The molecule has 5 nitrogen and oxygen atoms in total. The summed E-state index contributed by atoms with van der Waals surface area (Å²) in [5, 5.41) is 14.1. The standard InChI is InChI=1S/C14H11BrN4O/c15-12-7-11(4-5-13(12)17)19-14(20)18-10-3-1-2-9(6-10)8-16/h1-7H,17H2,(H2,18,19,20). The first-order chi connectivity index (χ1) is 9.58. The van der Waals surface area contributed by atoms with E-state index >= 15 is 0 Å². The number of hydrogen-bond donors (Lipinski definition) is 3. The van der Waals surface area contributed by atoms with Gasteiger partial charge in [-0.05, 0) is 52.3 Å². The van der Waals surface area contributed by atoms with Gasteiger partial charge < -0.3 is 16.4 Å². The van der Waals surface area contributed by atoms with Crippen molar-refractivity contribution in [1.82, 2.24) is 0 Å². The zero-order chi connectivity index (χ0) is 14.5. The third kappa shape index (κ3) is 3.49. The number of nitriles is 1. The summed E-state index contributed by atoms with van der Waals surface area (Å²) in [7, 11) is 0. The van der Waals surface area contributed by atoms with Crippen molar-refractivity contribution < 1.29 is 4.79 Å². The minimum atomic E-state index is -0.392. The van der Waals surface area contributed by atoms with Gasteiger partial charge in [-0.15, -0.1) is 0 Å². The molecule has 2 amide bonds. The quantitative estimate of drug-likeness (QED) is 0.735. The minimum absolute atomic E-state index is 0.392. The van der Waals surface area contributed by atoms with Crippen LogP contribution in [-0.2, 0) is 0 Å². The first-order valence-electron chi connectivity index (χ1n) is 5.71. The number of hydrogen-bond acceptors (Lipinski definition) is 3. The topological polar surface area (TPSA) is 90.9 Å². The molecule has 4 N–H and O–H groups in total. The molecule has 0 aromatic heterocycles. The molecule has 6 heteroatoms. The lowest BCUT2D eigenvalue weighted by Crippen LogP contribution is -2.19. The smallest absolute Gasteiger partial charge is 0.323 e. The van der Waals surface area contributed by atoms with Crippen molar-refractivity contribution in [2.24, 2.45) is 0 Å². The van der Waals surface area contributed by atoms with Gasteiger partial charge in [0.05, 0.1) is 11.6 Å². The zero-order valence-corrected chi connectivity index (χ0v) is 11.9. The van der Waals surface area contributed by atoms with Gasteiger partial charge in [-0.25, -0.2) is 4.79 Å². The fraction of sp³-hybridized carbons (Fsp3) is 0. The van der Waals surface area contributed by atoms with Crippen LogP contribution in [-0.4, -0.2) is 6.03 Å². The van der Waals surface area contributed by atoms with Crippen LogP contribution in [0.2, 0.25) is 0 Å². The molecule has 0 fully saturated rings. The Morgan fingerprint density at radius 1 is 1.15 bits per heavy atom. The SMILES string of the molecule is N#Cc1cccc(NC(=O)Nc2ccc(N)c(Br)c2)c1. The molecule has 20 heavy (non-hydrogen) atoms. The van der Waals surface area contributed by atoms with Gasteiger partial charge in [0.1, 0.15) is 0 Å². The van der Waals surface area contributed by atoms with E-state index in [0.29, 0.717) is 27.1 Å². The second-order valence-corrected chi connectivity index (χ2v) is 4.86. The van der Waals surface area contributed by atoms with E-state index in [0.717, 1.165) is 0 Å². The lowest BCUT2D eigenvalue weighted by atomic mass is 10.2. The molecule has 0 atom stereocenters. The van der Waals surface area contributed by atoms with E-state index < -0.39 is 6.03 Å². The van der Waals surface area contributed by atoms with Gasteiger partial charge in [-0.1, -0.05) is 6.07 Å². The van der Waals surface area contributed by atoms with E-state index in [-0.39, 0.29) is 0 Å². The Morgan fingerprint density at radius 2 is 1.85 bits per heavy atom. The number of nitrogen functional groups attached to an aromatic ring is 1. The first-order valence-corrected chi connectivity index (χ1v) is 6.51. The molecule has 100 valence electrons. The average molecular weight is 331 g/mol. The predicted octanol–water partition coefficient (Wildman–Crippen LogP) is 3.55. The lowest BCUT2D eigenvalue weighted by Gasteiger charge is -2.09. The summed E-state index contributed by atoms with van der Waals surface area (Å²) in [5.74, 6) is 0. The van der Waals surface area contributed by atoms with Crippen molar-refractivity contribution in [3.63, 3.8) is 0 Å². The molecule has 0 heterocycles. The second kappa shape index (κ2) is 6.08. The molecule has 0 aliphatic rings. The van der Waals surface area contributed by atoms with Crippen molar-refractivity contribution in [3.8, 4) is 6.07 Å². The van der Waals surface area contributed by atoms with E-state index in [1.807, 2.05) is 6.07 Å². The van der Waals surface area contributed by atoms with Gasteiger partial charge in [0.25, 0.3) is 0 Å². The number of anilines is 3. The highest BCUT2D eigenvalue weighted by atomic mass is 79.9. The number of carbonyl (C=O) groups is 1. The molecule has 2 aromatic rings. The van der Waals surface area contributed by atoms with Crippen LogP contribution in [0.5, 0.6) is 0 Å². The second-order valence-electron chi connectivity index (χ2n) is 4.01. The van der Waals surface area contributed by atoms with Crippen LogP contribution in [0.4, 0.5) is 21.9 Å². The average Bonchev–Trinajstić information content (AvgIpc) is 2.43. The van der Waals surface area contributed by atoms with Crippen LogP contribution in [0.15, 0.2) is 46.9 Å². The monoisotopic (exact) mass is 330 g/mol. The van der Waals surface area contributed by atoms with Gasteiger partial charge in [0.15, 0.2) is 0 Å². The van der Waals surface area contributed by atoms with Gasteiger partial charge in [-0.3, -0.25) is 0 Å². The summed E-state index contributed by atoms with van der Waals surface area (Å²) in [6.45, 7) is 0. The molecule has 2 aromatic carbocycles. The van der Waals surface area contributed by atoms with Crippen LogP contribution in [0.3, 0.4) is 0 Å². The van der Waals surface area contributed by atoms with Gasteiger partial charge in [-0.2, -0.15) is 5.26 Å². The van der Waals surface area contributed by atoms with Crippen molar-refractivity contribution >= 4 is 39.0 Å². The third-order valence-corrected chi connectivity index (χ3v) is 3.19. The maximum absolute atomic E-state index is 11.8. The van der Waals surface area contributed by atoms with E-state index in [2.05, 4.69) is 26.6 Å². The fourth-order valence-electron chi connectivity index (χ4n) is 1.56. The van der Waals surface area contributed by atoms with E-state index in [1.54, 1.807) is 42.5 Å². The number of benzene rings is 2. The Balaban J connectivity index is 2.05. The Labute approximate surface area is 124 Å². The van der Waals surface area contributed by atoms with Crippen LogP contribution in [0.25, 0.3) is 0 Å². The molecule has 0 bridgehead atoms. The summed E-state index contributed by atoms with van der Waals surface area (Å²) in [6.07, 6.45) is 0. The molecular weight excluding hydrogens is 320 g/mol. The van der Waals surface area contributed by atoms with Crippen molar-refractivity contribution in [2.75, 3.05) is 16.4 Å². The van der Waals surface area contributed by atoms with E-state index in [1.165, 1.54) is 0 Å². The number of nitrogens with one attached hydrogen (secondary N) is 2. The van der Waals surface area contributed by atoms with Gasteiger partial charge in [0.2, 0.25) is 0 Å². The molecule has 2 rings (SSSR count). The van der Waals surface area contributed by atoms with Crippen LogP contribution < -0.4 is 16.4 Å². The number of amides is 2. The molecule has 0 spiro atoms. The molecule has 0 unspecified atom stereocenters. The molecule has 0 saturated heterocycles. The molecule has 0 radical (unpaired) electrons. The number of nitrogens with two attached hydrogens (primary N) is 1. The number of carbonyl (C=O) groups excluding carboxylic acids is 1. The number of nitrogens with zero attached hydrogens (tertiary/aromatic N) is 1. The molecule has 0 saturated carbocycles. The van der Waals surface area contributed by atoms with Gasteiger partial charge >= 0.3 is 6.03 Å². The Morgan fingerprint density at radius 3 is 2.50 bits per heavy atom.